The summed E-state index contributed by atoms with van der Waals surface area (Å²) >= 11 is 0. The van der Waals surface area contributed by atoms with Gasteiger partial charge < -0.3 is 9.84 Å². The lowest BCUT2D eigenvalue weighted by Gasteiger charge is -2.02. The summed E-state index contributed by atoms with van der Waals surface area (Å²) in [5.74, 6) is -0.624. The number of allylic oxidation sites excluding steroid dienone is 1. The van der Waals surface area contributed by atoms with Crippen LogP contribution in [0.2, 0.25) is 0 Å². The van der Waals surface area contributed by atoms with E-state index < -0.39 is 12.1 Å². The summed E-state index contributed by atoms with van der Waals surface area (Å²) in [6.07, 6.45) is 0.321. The van der Waals surface area contributed by atoms with Crippen molar-refractivity contribution in [3.05, 3.63) is 11.6 Å². The van der Waals surface area contributed by atoms with E-state index in [1.807, 2.05) is 0 Å². The van der Waals surface area contributed by atoms with Crippen molar-refractivity contribution in [3.8, 4) is 0 Å². The van der Waals surface area contributed by atoms with E-state index in [1.165, 1.54) is 13.2 Å². The highest BCUT2D eigenvalue weighted by molar-refractivity contribution is 5.76. The van der Waals surface area contributed by atoms with Crippen LogP contribution in [0.1, 0.15) is 13.8 Å². The Morgan fingerprint density at radius 1 is 1.60 bits per heavy atom. The van der Waals surface area contributed by atoms with Crippen molar-refractivity contribution in [2.75, 3.05) is 7.11 Å². The summed E-state index contributed by atoms with van der Waals surface area (Å²) < 4.78 is 4.28. The molecule has 0 aliphatic carbocycles. The fourth-order valence-corrected chi connectivity index (χ4v) is 0.505. The molecule has 1 N–H and O–H groups in total. The molecule has 0 saturated carbocycles. The van der Waals surface area contributed by atoms with Gasteiger partial charge in [0.25, 0.3) is 0 Å². The molecule has 0 aromatic rings. The summed E-state index contributed by atoms with van der Waals surface area (Å²) in [5.41, 5.74) is 0.887. The first-order valence-corrected chi connectivity index (χ1v) is 2.99. The molecule has 1 unspecified atom stereocenters. The summed E-state index contributed by atoms with van der Waals surface area (Å²) in [5, 5.41) is 8.94. The third-order valence-electron chi connectivity index (χ3n) is 0.934. The first-order valence-electron chi connectivity index (χ1n) is 2.99. The van der Waals surface area contributed by atoms with Crippen LogP contribution in [0, 0.1) is 0 Å². The summed E-state index contributed by atoms with van der Waals surface area (Å²) in [7, 11) is 1.24. The standard InChI is InChI=1S/C7H12O3/c1-5(2)4-6(8)7(9)10-3/h4,6,8H,1-3H3. The maximum absolute atomic E-state index is 10.5. The molecule has 58 valence electrons. The lowest BCUT2D eigenvalue weighted by Crippen LogP contribution is -2.19. The van der Waals surface area contributed by atoms with Gasteiger partial charge in [0.1, 0.15) is 0 Å². The van der Waals surface area contributed by atoms with Crippen LogP contribution in [0.3, 0.4) is 0 Å². The highest BCUT2D eigenvalue weighted by Crippen LogP contribution is 1.95. The molecule has 0 rings (SSSR count). The SMILES string of the molecule is COC(=O)C(O)C=C(C)C. The van der Waals surface area contributed by atoms with Crippen molar-refractivity contribution in [2.45, 2.75) is 20.0 Å². The van der Waals surface area contributed by atoms with Crippen molar-refractivity contribution in [2.24, 2.45) is 0 Å². The maximum Gasteiger partial charge on any atom is 0.338 e. The Balaban J connectivity index is 3.96. The number of hydrogen-bond acceptors (Lipinski definition) is 3. The third kappa shape index (κ3) is 3.25. The second-order valence-electron chi connectivity index (χ2n) is 2.21. The zero-order valence-electron chi connectivity index (χ0n) is 6.42. The van der Waals surface area contributed by atoms with Gasteiger partial charge in [-0.05, 0) is 19.9 Å². The van der Waals surface area contributed by atoms with Gasteiger partial charge in [-0.3, -0.25) is 0 Å². The van der Waals surface area contributed by atoms with Gasteiger partial charge in [0.15, 0.2) is 6.10 Å². The normalized spacial score (nSPS) is 12.0. The summed E-state index contributed by atoms with van der Waals surface area (Å²) in [4.78, 5) is 10.5. The van der Waals surface area contributed by atoms with Crippen LogP contribution in [-0.4, -0.2) is 24.3 Å². The second kappa shape index (κ2) is 4.06. The van der Waals surface area contributed by atoms with Crippen LogP contribution in [-0.2, 0) is 9.53 Å². The molecule has 0 spiro atoms. The quantitative estimate of drug-likeness (QED) is 0.453. The molecular formula is C7H12O3. The molecule has 0 saturated heterocycles. The van der Waals surface area contributed by atoms with Gasteiger partial charge in [0.05, 0.1) is 7.11 Å². The van der Waals surface area contributed by atoms with Gasteiger partial charge >= 0.3 is 5.97 Å². The number of carbonyl (C=O) groups excluding carboxylic acids is 1. The maximum atomic E-state index is 10.5. The van der Waals surface area contributed by atoms with Crippen molar-refractivity contribution in [1.82, 2.24) is 0 Å². The zero-order valence-corrected chi connectivity index (χ0v) is 6.42. The predicted octanol–water partition coefficient (Wildman–Crippen LogP) is 0.486. The van der Waals surface area contributed by atoms with Crippen molar-refractivity contribution >= 4 is 5.97 Å². The Bertz CT molecular complexity index is 145. The molecule has 0 amide bonds. The molecule has 0 aromatic heterocycles. The highest BCUT2D eigenvalue weighted by Gasteiger charge is 2.10. The minimum atomic E-state index is -1.12. The van der Waals surface area contributed by atoms with Gasteiger partial charge in [-0.1, -0.05) is 5.57 Å². The minimum absolute atomic E-state index is 0.624. The molecule has 3 heteroatoms. The molecule has 0 aromatic carbocycles. The Hall–Kier alpha value is -0.830. The topological polar surface area (TPSA) is 46.5 Å². The van der Waals surface area contributed by atoms with E-state index in [0.717, 1.165) is 5.57 Å². The molecule has 0 bridgehead atoms. The first kappa shape index (κ1) is 9.17. The van der Waals surface area contributed by atoms with Crippen LogP contribution < -0.4 is 0 Å². The number of hydrogen-bond donors (Lipinski definition) is 1. The van der Waals surface area contributed by atoms with Gasteiger partial charge in [-0.25, -0.2) is 4.79 Å². The average Bonchev–Trinajstić information content (AvgIpc) is 1.85. The molecule has 1 atom stereocenters. The largest absolute Gasteiger partial charge is 0.467 e. The molecule has 0 heterocycles. The van der Waals surface area contributed by atoms with Gasteiger partial charge in [0, 0.05) is 0 Å². The molecule has 0 aliphatic heterocycles. The van der Waals surface area contributed by atoms with E-state index in [2.05, 4.69) is 4.74 Å². The zero-order chi connectivity index (χ0) is 8.15. The fraction of sp³-hybridized carbons (Fsp3) is 0.571. The van der Waals surface area contributed by atoms with E-state index in [-0.39, 0.29) is 0 Å². The Morgan fingerprint density at radius 3 is 2.40 bits per heavy atom. The number of ether oxygens (including phenoxy) is 1. The van der Waals surface area contributed by atoms with Crippen molar-refractivity contribution in [3.63, 3.8) is 0 Å². The number of aliphatic hydroxyl groups is 1. The Kier molecular flexibility index (Phi) is 3.72. The highest BCUT2D eigenvalue weighted by atomic mass is 16.5. The van der Waals surface area contributed by atoms with Crippen LogP contribution in [0.5, 0.6) is 0 Å². The third-order valence-corrected chi connectivity index (χ3v) is 0.934. The molecular weight excluding hydrogens is 132 g/mol. The van der Waals surface area contributed by atoms with Gasteiger partial charge in [-0.2, -0.15) is 0 Å². The van der Waals surface area contributed by atoms with Crippen molar-refractivity contribution < 1.29 is 14.6 Å². The van der Waals surface area contributed by atoms with Crippen LogP contribution >= 0.6 is 0 Å². The van der Waals surface area contributed by atoms with E-state index in [4.69, 9.17) is 5.11 Å². The van der Waals surface area contributed by atoms with Gasteiger partial charge in [0.2, 0.25) is 0 Å². The molecule has 3 nitrogen and oxygen atoms in total. The minimum Gasteiger partial charge on any atom is -0.467 e. The lowest BCUT2D eigenvalue weighted by atomic mass is 10.2. The molecule has 10 heavy (non-hydrogen) atoms. The van der Waals surface area contributed by atoms with E-state index in [9.17, 15) is 4.79 Å². The number of rotatable bonds is 2. The number of aliphatic hydroxyl groups excluding tert-OH is 1. The summed E-state index contributed by atoms with van der Waals surface area (Å²) in [6, 6.07) is 0. The van der Waals surface area contributed by atoms with Crippen LogP contribution in [0.4, 0.5) is 0 Å². The molecule has 0 radical (unpaired) electrons. The van der Waals surface area contributed by atoms with Crippen LogP contribution in [0.15, 0.2) is 11.6 Å². The number of methoxy groups -OCH3 is 1. The average molecular weight is 144 g/mol. The second-order valence-corrected chi connectivity index (χ2v) is 2.21. The summed E-state index contributed by atoms with van der Waals surface area (Å²) in [6.45, 7) is 3.60. The van der Waals surface area contributed by atoms with E-state index in [0.29, 0.717) is 0 Å². The van der Waals surface area contributed by atoms with Crippen LogP contribution in [0.25, 0.3) is 0 Å². The number of esters is 1. The Morgan fingerprint density at radius 2 is 2.10 bits per heavy atom. The fourth-order valence-electron chi connectivity index (χ4n) is 0.505. The monoisotopic (exact) mass is 144 g/mol. The van der Waals surface area contributed by atoms with E-state index in [1.54, 1.807) is 13.8 Å². The number of carbonyl (C=O) groups is 1. The Labute approximate surface area is 60.3 Å². The predicted molar refractivity (Wildman–Crippen MR) is 37.5 cm³/mol. The van der Waals surface area contributed by atoms with Crippen molar-refractivity contribution in [1.29, 1.82) is 0 Å². The molecule has 0 aliphatic rings. The van der Waals surface area contributed by atoms with E-state index >= 15 is 0 Å². The first-order chi connectivity index (χ1) is 4.57. The molecule has 0 fully saturated rings. The lowest BCUT2D eigenvalue weighted by molar-refractivity contribution is -0.147. The smallest absolute Gasteiger partial charge is 0.338 e. The van der Waals surface area contributed by atoms with Gasteiger partial charge in [-0.15, -0.1) is 0 Å².